The lowest BCUT2D eigenvalue weighted by molar-refractivity contribution is 0.589. The molecule has 1 nitrogen and oxygen atoms in total. The fourth-order valence-corrected chi connectivity index (χ4v) is 2.84. The van der Waals surface area contributed by atoms with E-state index in [0.717, 1.165) is 6.42 Å². The molecule has 2 rings (SSSR count). The Morgan fingerprint density at radius 3 is 2.71 bits per heavy atom. The van der Waals surface area contributed by atoms with Crippen LogP contribution in [0.4, 0.5) is 0 Å². The van der Waals surface area contributed by atoms with Gasteiger partial charge in [-0.25, -0.2) is 0 Å². The molecule has 2 heteroatoms. The van der Waals surface area contributed by atoms with Crippen LogP contribution < -0.4 is 5.32 Å². The van der Waals surface area contributed by atoms with Crippen molar-refractivity contribution in [1.29, 1.82) is 0 Å². The van der Waals surface area contributed by atoms with Crippen LogP contribution in [0.2, 0.25) is 0 Å². The number of nitrogens with one attached hydrogen (secondary N) is 1. The molecule has 1 N–H and O–H groups in total. The Balaban J connectivity index is 2.26. The van der Waals surface area contributed by atoms with Crippen LogP contribution in [0.25, 0.3) is 0 Å². The predicted octanol–water partition coefficient (Wildman–Crippen LogP) is 3.87. The Morgan fingerprint density at radius 1 is 1.24 bits per heavy atom. The van der Waals surface area contributed by atoms with Gasteiger partial charge in [0.25, 0.3) is 0 Å². The van der Waals surface area contributed by atoms with Crippen LogP contribution in [0.3, 0.4) is 0 Å². The zero-order valence-electron chi connectivity index (χ0n) is 10.7. The van der Waals surface area contributed by atoms with E-state index in [1.807, 2.05) is 7.05 Å². The molecule has 0 aliphatic carbocycles. The second-order valence-corrected chi connectivity index (χ2v) is 5.25. The van der Waals surface area contributed by atoms with Gasteiger partial charge in [-0.1, -0.05) is 18.2 Å². The fourth-order valence-electron chi connectivity index (χ4n) is 2.16. The van der Waals surface area contributed by atoms with E-state index in [0.29, 0.717) is 6.04 Å². The largest absolute Gasteiger partial charge is 0.313 e. The summed E-state index contributed by atoms with van der Waals surface area (Å²) in [5, 5.41) is 7.80. The van der Waals surface area contributed by atoms with Crippen molar-refractivity contribution in [3.05, 3.63) is 57.3 Å². The second-order valence-electron chi connectivity index (χ2n) is 4.47. The first-order valence-electron chi connectivity index (χ1n) is 5.97. The van der Waals surface area contributed by atoms with Crippen molar-refractivity contribution >= 4 is 11.3 Å². The summed E-state index contributed by atoms with van der Waals surface area (Å²) in [7, 11) is 2.04. The summed E-state index contributed by atoms with van der Waals surface area (Å²) >= 11 is 1.77. The van der Waals surface area contributed by atoms with E-state index < -0.39 is 0 Å². The Bertz CT molecular complexity index is 474. The van der Waals surface area contributed by atoms with Crippen LogP contribution in [0.5, 0.6) is 0 Å². The quantitative estimate of drug-likeness (QED) is 0.862. The second kappa shape index (κ2) is 5.48. The smallest absolute Gasteiger partial charge is 0.0361 e. The zero-order chi connectivity index (χ0) is 12.3. The van der Waals surface area contributed by atoms with E-state index in [-0.39, 0.29) is 0 Å². The highest BCUT2D eigenvalue weighted by molar-refractivity contribution is 7.07. The number of hydrogen-bond acceptors (Lipinski definition) is 2. The number of aryl methyl sites for hydroxylation is 1. The molecule has 0 fully saturated rings. The molecule has 1 aromatic heterocycles. The van der Waals surface area contributed by atoms with Crippen LogP contribution in [-0.2, 0) is 6.42 Å². The Hall–Kier alpha value is -1.12. The van der Waals surface area contributed by atoms with E-state index in [1.54, 1.807) is 11.3 Å². The van der Waals surface area contributed by atoms with Gasteiger partial charge in [-0.2, -0.15) is 11.3 Å². The van der Waals surface area contributed by atoms with Gasteiger partial charge in [-0.3, -0.25) is 0 Å². The maximum Gasteiger partial charge on any atom is 0.0361 e. The minimum Gasteiger partial charge on any atom is -0.313 e. The summed E-state index contributed by atoms with van der Waals surface area (Å²) in [6.07, 6.45) is 1.06. The Kier molecular flexibility index (Phi) is 3.97. The van der Waals surface area contributed by atoms with E-state index in [2.05, 4.69) is 54.2 Å². The lowest BCUT2D eigenvalue weighted by Crippen LogP contribution is -2.19. The molecule has 0 bridgehead atoms. The summed E-state index contributed by atoms with van der Waals surface area (Å²) < 4.78 is 0. The van der Waals surface area contributed by atoms with Crippen molar-refractivity contribution < 1.29 is 0 Å². The van der Waals surface area contributed by atoms with Gasteiger partial charge in [-0.05, 0) is 66.4 Å². The molecule has 1 atom stereocenters. The number of benzene rings is 1. The summed E-state index contributed by atoms with van der Waals surface area (Å²) in [5.41, 5.74) is 5.60. The van der Waals surface area contributed by atoms with Gasteiger partial charge in [-0.15, -0.1) is 0 Å². The molecule has 17 heavy (non-hydrogen) atoms. The van der Waals surface area contributed by atoms with E-state index >= 15 is 0 Å². The standard InChI is InChI=1S/C15H19NS/c1-11-5-4-6-14(12(11)2)15(16-3)9-13-7-8-17-10-13/h4-8,10,15-16H,9H2,1-3H3. The van der Waals surface area contributed by atoms with Gasteiger partial charge in [0, 0.05) is 6.04 Å². The first-order valence-corrected chi connectivity index (χ1v) is 6.91. The van der Waals surface area contributed by atoms with Gasteiger partial charge < -0.3 is 5.32 Å². The molecule has 0 saturated heterocycles. The first kappa shape index (κ1) is 12.3. The molecular formula is C15H19NS. The highest BCUT2D eigenvalue weighted by atomic mass is 32.1. The van der Waals surface area contributed by atoms with Crippen LogP contribution in [0.1, 0.15) is 28.3 Å². The topological polar surface area (TPSA) is 12.0 Å². The fraction of sp³-hybridized carbons (Fsp3) is 0.333. The minimum atomic E-state index is 0.407. The highest BCUT2D eigenvalue weighted by Gasteiger charge is 2.13. The van der Waals surface area contributed by atoms with Crippen molar-refractivity contribution in [2.75, 3.05) is 7.05 Å². The van der Waals surface area contributed by atoms with Gasteiger partial charge in [0.1, 0.15) is 0 Å². The molecule has 0 amide bonds. The van der Waals surface area contributed by atoms with Gasteiger partial charge in [0.2, 0.25) is 0 Å². The predicted molar refractivity (Wildman–Crippen MR) is 75.7 cm³/mol. The van der Waals surface area contributed by atoms with Crippen LogP contribution in [0, 0.1) is 13.8 Å². The zero-order valence-corrected chi connectivity index (χ0v) is 11.5. The lowest BCUT2D eigenvalue weighted by Gasteiger charge is -2.19. The monoisotopic (exact) mass is 245 g/mol. The molecule has 1 aromatic carbocycles. The van der Waals surface area contributed by atoms with Crippen LogP contribution in [-0.4, -0.2) is 7.05 Å². The maximum absolute atomic E-state index is 3.43. The van der Waals surface area contributed by atoms with Crippen LogP contribution >= 0.6 is 11.3 Å². The molecule has 1 unspecified atom stereocenters. The molecule has 90 valence electrons. The average Bonchev–Trinajstić information content (AvgIpc) is 2.83. The third-order valence-corrected chi connectivity index (χ3v) is 4.12. The van der Waals surface area contributed by atoms with E-state index in [9.17, 15) is 0 Å². The van der Waals surface area contributed by atoms with Gasteiger partial charge in [0.05, 0.1) is 0 Å². The maximum atomic E-state index is 3.43. The number of hydrogen-bond donors (Lipinski definition) is 1. The third-order valence-electron chi connectivity index (χ3n) is 3.39. The molecule has 2 aromatic rings. The third kappa shape index (κ3) is 2.76. The van der Waals surface area contributed by atoms with Crippen molar-refractivity contribution in [3.63, 3.8) is 0 Å². The SMILES string of the molecule is CNC(Cc1ccsc1)c1cccc(C)c1C. The normalized spacial score (nSPS) is 12.6. The summed E-state index contributed by atoms with van der Waals surface area (Å²) in [4.78, 5) is 0. The molecule has 1 heterocycles. The lowest BCUT2D eigenvalue weighted by atomic mass is 9.94. The van der Waals surface area contributed by atoms with Crippen molar-refractivity contribution in [2.45, 2.75) is 26.3 Å². The molecule has 0 aliphatic rings. The van der Waals surface area contributed by atoms with Gasteiger partial charge >= 0.3 is 0 Å². The van der Waals surface area contributed by atoms with Crippen molar-refractivity contribution in [2.24, 2.45) is 0 Å². The number of rotatable bonds is 4. The van der Waals surface area contributed by atoms with E-state index in [4.69, 9.17) is 0 Å². The van der Waals surface area contributed by atoms with E-state index in [1.165, 1.54) is 22.3 Å². The van der Waals surface area contributed by atoms with Crippen LogP contribution in [0.15, 0.2) is 35.0 Å². The first-order chi connectivity index (χ1) is 8.22. The number of thiophene rings is 1. The number of likely N-dealkylation sites (N-methyl/N-ethyl adjacent to an activating group) is 1. The molecular weight excluding hydrogens is 226 g/mol. The molecule has 0 radical (unpaired) electrons. The molecule has 0 saturated carbocycles. The average molecular weight is 245 g/mol. The highest BCUT2D eigenvalue weighted by Crippen LogP contribution is 2.24. The molecule has 0 spiro atoms. The summed E-state index contributed by atoms with van der Waals surface area (Å²) in [5.74, 6) is 0. The molecule has 0 aliphatic heterocycles. The minimum absolute atomic E-state index is 0.407. The van der Waals surface area contributed by atoms with Gasteiger partial charge in [0.15, 0.2) is 0 Å². The summed E-state index contributed by atoms with van der Waals surface area (Å²) in [6.45, 7) is 4.39. The Morgan fingerprint density at radius 2 is 2.06 bits per heavy atom. The van der Waals surface area contributed by atoms with Crippen molar-refractivity contribution in [3.8, 4) is 0 Å². The Labute approximate surface area is 108 Å². The summed E-state index contributed by atoms with van der Waals surface area (Å²) in [6, 6.07) is 9.17. The van der Waals surface area contributed by atoms with Crippen molar-refractivity contribution in [1.82, 2.24) is 5.32 Å².